The Balaban J connectivity index is 2.10. The summed E-state index contributed by atoms with van der Waals surface area (Å²) in [7, 11) is 0. The summed E-state index contributed by atoms with van der Waals surface area (Å²) < 4.78 is 0. The van der Waals surface area contributed by atoms with Gasteiger partial charge in [0.1, 0.15) is 5.69 Å². The molecule has 0 atom stereocenters. The number of piperidine rings is 1. The molecule has 2 heterocycles. The third-order valence-electron chi connectivity index (χ3n) is 2.73. The molecule has 6 nitrogen and oxygen atoms in total. The Bertz CT molecular complexity index is 424. The molecule has 0 saturated carbocycles. The van der Waals surface area contributed by atoms with E-state index in [1.54, 1.807) is 4.90 Å². The van der Waals surface area contributed by atoms with Crippen molar-refractivity contribution >= 4 is 11.9 Å². The van der Waals surface area contributed by atoms with Crippen LogP contribution < -0.4 is 0 Å². The standard InChI is InChI=1S/C11H13N3O3/c15-10(14-4-2-1-3-5-14)8-6-13-9(7-12-8)11(16)17/h6-7H,1-5H2,(H,16,17). The van der Waals surface area contributed by atoms with Crippen molar-refractivity contribution < 1.29 is 14.7 Å². The number of likely N-dealkylation sites (tertiary alicyclic amines) is 1. The van der Waals surface area contributed by atoms with Crippen LogP contribution in [0, 0.1) is 0 Å². The molecule has 1 aliphatic heterocycles. The monoisotopic (exact) mass is 235 g/mol. The smallest absolute Gasteiger partial charge is 0.356 e. The SMILES string of the molecule is O=C(O)c1cnc(C(=O)N2CCCCC2)cn1. The predicted octanol–water partition coefficient (Wildman–Crippen LogP) is 0.801. The van der Waals surface area contributed by atoms with Gasteiger partial charge in [-0.1, -0.05) is 0 Å². The van der Waals surface area contributed by atoms with Crippen LogP contribution in [0.15, 0.2) is 12.4 Å². The maximum absolute atomic E-state index is 12.0. The van der Waals surface area contributed by atoms with Crippen LogP contribution in [-0.2, 0) is 0 Å². The van der Waals surface area contributed by atoms with Gasteiger partial charge in [-0.3, -0.25) is 4.79 Å². The fourth-order valence-corrected chi connectivity index (χ4v) is 1.81. The number of rotatable bonds is 2. The lowest BCUT2D eigenvalue weighted by Gasteiger charge is -2.26. The van der Waals surface area contributed by atoms with Gasteiger partial charge < -0.3 is 10.0 Å². The molecule has 0 spiro atoms. The summed E-state index contributed by atoms with van der Waals surface area (Å²) in [5, 5.41) is 8.67. The van der Waals surface area contributed by atoms with Crippen molar-refractivity contribution in [1.82, 2.24) is 14.9 Å². The van der Waals surface area contributed by atoms with Crippen LogP contribution >= 0.6 is 0 Å². The molecule has 90 valence electrons. The molecule has 6 heteroatoms. The summed E-state index contributed by atoms with van der Waals surface area (Å²) in [6, 6.07) is 0. The first-order valence-corrected chi connectivity index (χ1v) is 5.53. The lowest BCUT2D eigenvalue weighted by molar-refractivity contribution is 0.0682. The summed E-state index contributed by atoms with van der Waals surface area (Å²) in [4.78, 5) is 31.8. The third kappa shape index (κ3) is 2.58. The molecule has 0 bridgehead atoms. The van der Waals surface area contributed by atoms with Crippen LogP contribution in [0.25, 0.3) is 0 Å². The van der Waals surface area contributed by atoms with E-state index in [1.165, 1.54) is 6.20 Å². The minimum absolute atomic E-state index is 0.153. The maximum Gasteiger partial charge on any atom is 0.356 e. The van der Waals surface area contributed by atoms with Crippen LogP contribution in [0.3, 0.4) is 0 Å². The quantitative estimate of drug-likeness (QED) is 0.819. The Labute approximate surface area is 98.3 Å². The Hall–Kier alpha value is -1.98. The molecule has 0 radical (unpaired) electrons. The number of carboxylic acids is 1. The number of hydrogen-bond acceptors (Lipinski definition) is 4. The normalized spacial score (nSPS) is 15.6. The Kier molecular flexibility index (Phi) is 3.32. The van der Waals surface area contributed by atoms with Gasteiger partial charge in [-0.05, 0) is 19.3 Å². The lowest BCUT2D eigenvalue weighted by Crippen LogP contribution is -2.36. The van der Waals surface area contributed by atoms with E-state index in [-0.39, 0.29) is 17.3 Å². The fraction of sp³-hybridized carbons (Fsp3) is 0.455. The fourth-order valence-electron chi connectivity index (χ4n) is 1.81. The van der Waals surface area contributed by atoms with Gasteiger partial charge in [0.15, 0.2) is 5.69 Å². The van der Waals surface area contributed by atoms with Gasteiger partial charge >= 0.3 is 5.97 Å². The number of aromatic carboxylic acids is 1. The topological polar surface area (TPSA) is 83.4 Å². The van der Waals surface area contributed by atoms with E-state index in [2.05, 4.69) is 9.97 Å². The van der Waals surface area contributed by atoms with E-state index >= 15 is 0 Å². The van der Waals surface area contributed by atoms with Crippen LogP contribution in [0.2, 0.25) is 0 Å². The molecule has 0 aromatic carbocycles. The molecule has 1 aliphatic rings. The van der Waals surface area contributed by atoms with Gasteiger partial charge in [-0.2, -0.15) is 0 Å². The van der Waals surface area contributed by atoms with Crippen molar-refractivity contribution in [3.05, 3.63) is 23.8 Å². The highest BCUT2D eigenvalue weighted by Crippen LogP contribution is 2.11. The molecule has 2 rings (SSSR count). The number of nitrogens with zero attached hydrogens (tertiary/aromatic N) is 3. The molecule has 1 saturated heterocycles. The molecule has 17 heavy (non-hydrogen) atoms. The molecule has 1 N–H and O–H groups in total. The molecular formula is C11H13N3O3. The number of aromatic nitrogens is 2. The summed E-state index contributed by atoms with van der Waals surface area (Å²) in [6.07, 6.45) is 5.49. The van der Waals surface area contributed by atoms with Crippen molar-refractivity contribution in [2.45, 2.75) is 19.3 Å². The summed E-state index contributed by atoms with van der Waals surface area (Å²) in [5.41, 5.74) is 0.0529. The van der Waals surface area contributed by atoms with Crippen LogP contribution in [0.4, 0.5) is 0 Å². The molecule has 0 aliphatic carbocycles. The van der Waals surface area contributed by atoms with Crippen LogP contribution in [-0.4, -0.2) is 44.9 Å². The molecule has 0 unspecified atom stereocenters. The minimum Gasteiger partial charge on any atom is -0.476 e. The Morgan fingerprint density at radius 1 is 1.06 bits per heavy atom. The first-order chi connectivity index (χ1) is 8.18. The molecular weight excluding hydrogens is 222 g/mol. The van der Waals surface area contributed by atoms with Gasteiger partial charge in [-0.15, -0.1) is 0 Å². The van der Waals surface area contributed by atoms with E-state index in [0.717, 1.165) is 38.5 Å². The van der Waals surface area contributed by atoms with E-state index in [4.69, 9.17) is 5.11 Å². The predicted molar refractivity (Wildman–Crippen MR) is 58.7 cm³/mol. The summed E-state index contributed by atoms with van der Waals surface area (Å²) in [5.74, 6) is -1.32. The second-order valence-electron chi connectivity index (χ2n) is 3.94. The molecule has 1 aromatic rings. The Morgan fingerprint density at radius 2 is 1.65 bits per heavy atom. The number of carbonyl (C=O) groups excluding carboxylic acids is 1. The average molecular weight is 235 g/mol. The van der Waals surface area contributed by atoms with Gasteiger partial charge in [0.05, 0.1) is 12.4 Å². The van der Waals surface area contributed by atoms with E-state index in [0.29, 0.717) is 0 Å². The van der Waals surface area contributed by atoms with Crippen molar-refractivity contribution in [3.8, 4) is 0 Å². The zero-order valence-electron chi connectivity index (χ0n) is 9.30. The highest BCUT2D eigenvalue weighted by molar-refractivity contribution is 5.92. The molecule has 1 fully saturated rings. The highest BCUT2D eigenvalue weighted by Gasteiger charge is 2.19. The number of amides is 1. The van der Waals surface area contributed by atoms with Gasteiger partial charge in [0.25, 0.3) is 5.91 Å². The zero-order valence-corrected chi connectivity index (χ0v) is 9.30. The first-order valence-electron chi connectivity index (χ1n) is 5.53. The van der Waals surface area contributed by atoms with Gasteiger partial charge in [-0.25, -0.2) is 14.8 Å². The second-order valence-corrected chi connectivity index (χ2v) is 3.94. The third-order valence-corrected chi connectivity index (χ3v) is 2.73. The van der Waals surface area contributed by atoms with Crippen molar-refractivity contribution in [2.75, 3.05) is 13.1 Å². The van der Waals surface area contributed by atoms with Crippen molar-refractivity contribution in [1.29, 1.82) is 0 Å². The van der Waals surface area contributed by atoms with Gasteiger partial charge in [0.2, 0.25) is 0 Å². The lowest BCUT2D eigenvalue weighted by atomic mass is 10.1. The van der Waals surface area contributed by atoms with E-state index in [9.17, 15) is 9.59 Å². The van der Waals surface area contributed by atoms with Crippen molar-refractivity contribution in [2.24, 2.45) is 0 Å². The minimum atomic E-state index is -1.14. The first kappa shape index (κ1) is 11.5. The number of carbonyl (C=O) groups is 2. The van der Waals surface area contributed by atoms with Crippen LogP contribution in [0.5, 0.6) is 0 Å². The van der Waals surface area contributed by atoms with Crippen molar-refractivity contribution in [3.63, 3.8) is 0 Å². The maximum atomic E-state index is 12.0. The van der Waals surface area contributed by atoms with E-state index < -0.39 is 5.97 Å². The van der Waals surface area contributed by atoms with Crippen LogP contribution in [0.1, 0.15) is 40.2 Å². The highest BCUT2D eigenvalue weighted by atomic mass is 16.4. The second kappa shape index (κ2) is 4.90. The Morgan fingerprint density at radius 3 is 2.18 bits per heavy atom. The summed E-state index contributed by atoms with van der Waals surface area (Å²) in [6.45, 7) is 1.47. The molecule has 1 amide bonds. The average Bonchev–Trinajstić information content (AvgIpc) is 2.39. The van der Waals surface area contributed by atoms with E-state index in [1.807, 2.05) is 0 Å². The molecule has 1 aromatic heterocycles. The number of carboxylic acid groups (broad SMARTS) is 1. The largest absolute Gasteiger partial charge is 0.476 e. The van der Waals surface area contributed by atoms with Gasteiger partial charge in [0, 0.05) is 13.1 Å². The number of hydrogen-bond donors (Lipinski definition) is 1. The summed E-state index contributed by atoms with van der Waals surface area (Å²) >= 11 is 0. The zero-order chi connectivity index (χ0) is 12.3.